The number of allylic oxidation sites excluding steroid dienone is 1. The van der Waals surface area contributed by atoms with Crippen molar-refractivity contribution >= 4 is 11.4 Å². The standard InChI is InChI=1S/C12H12N6O2/c1-3-7(11-9(5-1)15-19-17-11)13-14-8-4-2-6-10-12(8)18-20-16-10/h3,13H,1-2,4-6H2/b14-8-. The van der Waals surface area contributed by atoms with Crippen LogP contribution in [0.15, 0.2) is 20.4 Å². The first kappa shape index (κ1) is 11.3. The van der Waals surface area contributed by atoms with E-state index in [1.807, 2.05) is 6.08 Å². The summed E-state index contributed by atoms with van der Waals surface area (Å²) in [4.78, 5) is 0. The molecule has 8 nitrogen and oxygen atoms in total. The third kappa shape index (κ3) is 1.80. The van der Waals surface area contributed by atoms with Gasteiger partial charge < -0.3 is 0 Å². The van der Waals surface area contributed by atoms with Crippen LogP contribution in [0.3, 0.4) is 0 Å². The molecule has 102 valence electrons. The van der Waals surface area contributed by atoms with Crippen molar-refractivity contribution in [2.75, 3.05) is 0 Å². The van der Waals surface area contributed by atoms with Gasteiger partial charge >= 0.3 is 0 Å². The Labute approximate surface area is 113 Å². The summed E-state index contributed by atoms with van der Waals surface area (Å²) in [7, 11) is 0. The van der Waals surface area contributed by atoms with Crippen molar-refractivity contribution in [2.24, 2.45) is 5.10 Å². The summed E-state index contributed by atoms with van der Waals surface area (Å²) in [6, 6.07) is 0. The third-order valence-corrected chi connectivity index (χ3v) is 3.51. The van der Waals surface area contributed by atoms with Gasteiger partial charge in [-0.25, -0.2) is 9.26 Å². The fraction of sp³-hybridized carbons (Fsp3) is 0.417. The largest absolute Gasteiger partial charge is 0.276 e. The van der Waals surface area contributed by atoms with Crippen molar-refractivity contribution in [3.05, 3.63) is 28.9 Å². The van der Waals surface area contributed by atoms with Crippen molar-refractivity contribution in [2.45, 2.75) is 32.1 Å². The molecule has 2 aliphatic rings. The lowest BCUT2D eigenvalue weighted by Gasteiger charge is -2.12. The maximum Gasteiger partial charge on any atom is 0.155 e. The van der Waals surface area contributed by atoms with Crippen LogP contribution in [0.5, 0.6) is 0 Å². The number of fused-ring (bicyclic) bond motifs is 2. The van der Waals surface area contributed by atoms with E-state index >= 15 is 0 Å². The molecule has 0 saturated carbocycles. The van der Waals surface area contributed by atoms with Crippen LogP contribution in [0, 0.1) is 0 Å². The number of aromatic nitrogens is 4. The summed E-state index contributed by atoms with van der Waals surface area (Å²) in [6.07, 6.45) is 6.52. The molecule has 2 heterocycles. The lowest BCUT2D eigenvalue weighted by Crippen LogP contribution is -2.17. The quantitative estimate of drug-likeness (QED) is 0.815. The smallest absolute Gasteiger partial charge is 0.155 e. The highest BCUT2D eigenvalue weighted by atomic mass is 16.6. The molecule has 0 radical (unpaired) electrons. The highest BCUT2D eigenvalue weighted by Gasteiger charge is 2.22. The van der Waals surface area contributed by atoms with E-state index < -0.39 is 0 Å². The van der Waals surface area contributed by atoms with Gasteiger partial charge in [0.25, 0.3) is 0 Å². The van der Waals surface area contributed by atoms with E-state index in [9.17, 15) is 0 Å². The Kier molecular flexibility index (Phi) is 2.58. The molecule has 0 saturated heterocycles. The minimum atomic E-state index is 0.731. The van der Waals surface area contributed by atoms with Crippen LogP contribution in [-0.2, 0) is 12.8 Å². The lowest BCUT2D eigenvalue weighted by atomic mass is 9.99. The molecule has 20 heavy (non-hydrogen) atoms. The second-order valence-electron chi connectivity index (χ2n) is 4.80. The number of aryl methyl sites for hydroxylation is 2. The van der Waals surface area contributed by atoms with Crippen molar-refractivity contribution in [1.82, 2.24) is 26.1 Å². The summed E-state index contributed by atoms with van der Waals surface area (Å²) in [5.41, 5.74) is 7.94. The summed E-state index contributed by atoms with van der Waals surface area (Å²) in [5.74, 6) is 0. The predicted octanol–water partition coefficient (Wildman–Crippen LogP) is 1.07. The number of nitrogens with one attached hydrogen (secondary N) is 1. The predicted molar refractivity (Wildman–Crippen MR) is 67.5 cm³/mol. The molecule has 0 bridgehead atoms. The average Bonchev–Trinajstić information content (AvgIpc) is 3.13. The molecular weight excluding hydrogens is 260 g/mol. The maximum atomic E-state index is 4.77. The minimum absolute atomic E-state index is 0.731. The molecule has 4 rings (SSSR count). The van der Waals surface area contributed by atoms with Crippen LogP contribution in [0.1, 0.15) is 42.0 Å². The number of hydrogen-bond acceptors (Lipinski definition) is 8. The number of rotatable bonds is 2. The van der Waals surface area contributed by atoms with Crippen LogP contribution >= 0.6 is 0 Å². The monoisotopic (exact) mass is 272 g/mol. The van der Waals surface area contributed by atoms with E-state index in [2.05, 4.69) is 31.2 Å². The lowest BCUT2D eigenvalue weighted by molar-refractivity contribution is 0.302. The molecule has 8 heteroatoms. The Morgan fingerprint density at radius 3 is 2.65 bits per heavy atom. The van der Waals surface area contributed by atoms with Crippen molar-refractivity contribution in [1.29, 1.82) is 0 Å². The van der Waals surface area contributed by atoms with Crippen molar-refractivity contribution in [3.8, 4) is 0 Å². The zero-order valence-corrected chi connectivity index (χ0v) is 10.7. The summed E-state index contributed by atoms with van der Waals surface area (Å²) in [6.45, 7) is 0. The fourth-order valence-corrected chi connectivity index (χ4v) is 2.49. The minimum Gasteiger partial charge on any atom is -0.276 e. The highest BCUT2D eigenvalue weighted by molar-refractivity contribution is 6.00. The van der Waals surface area contributed by atoms with E-state index in [0.29, 0.717) is 0 Å². The van der Waals surface area contributed by atoms with Crippen molar-refractivity contribution in [3.63, 3.8) is 0 Å². The van der Waals surface area contributed by atoms with Gasteiger partial charge in [-0.05, 0) is 42.4 Å². The Bertz CT molecular complexity index is 698. The maximum absolute atomic E-state index is 4.77. The molecule has 0 aliphatic heterocycles. The van der Waals surface area contributed by atoms with Gasteiger partial charge in [0, 0.05) is 0 Å². The molecule has 0 fully saturated rings. The molecule has 1 N–H and O–H groups in total. The molecule has 0 atom stereocenters. The van der Waals surface area contributed by atoms with E-state index in [1.165, 1.54) is 0 Å². The molecule has 0 amide bonds. The molecule has 0 unspecified atom stereocenters. The normalized spacial score (nSPS) is 19.4. The van der Waals surface area contributed by atoms with E-state index in [4.69, 9.17) is 9.26 Å². The summed E-state index contributed by atoms with van der Waals surface area (Å²) in [5, 5.41) is 20.0. The van der Waals surface area contributed by atoms with Gasteiger partial charge in [-0.15, -0.1) is 0 Å². The van der Waals surface area contributed by atoms with Crippen LogP contribution < -0.4 is 5.43 Å². The number of hydrogen-bond donors (Lipinski definition) is 1. The van der Waals surface area contributed by atoms with Gasteiger partial charge in [-0.2, -0.15) is 5.10 Å². The Balaban J connectivity index is 1.60. The first-order chi connectivity index (χ1) is 9.92. The number of hydrazone groups is 1. The molecular formula is C12H12N6O2. The second kappa shape index (κ2) is 4.55. The highest BCUT2D eigenvalue weighted by Crippen LogP contribution is 2.22. The Morgan fingerprint density at radius 1 is 0.950 bits per heavy atom. The third-order valence-electron chi connectivity index (χ3n) is 3.51. The SMILES string of the molecule is C1=C(N/N=C2/CCCc3nonc32)c2nonc2CC1. The van der Waals surface area contributed by atoms with Crippen LogP contribution in [-0.4, -0.2) is 26.3 Å². The summed E-state index contributed by atoms with van der Waals surface area (Å²) >= 11 is 0. The van der Waals surface area contributed by atoms with E-state index in [1.54, 1.807) is 0 Å². The van der Waals surface area contributed by atoms with Crippen LogP contribution in [0.4, 0.5) is 0 Å². The first-order valence-corrected chi connectivity index (χ1v) is 6.58. The van der Waals surface area contributed by atoms with Crippen molar-refractivity contribution < 1.29 is 9.26 Å². The van der Waals surface area contributed by atoms with Gasteiger partial charge in [0.2, 0.25) is 0 Å². The topological polar surface area (TPSA) is 102 Å². The second-order valence-corrected chi connectivity index (χ2v) is 4.80. The van der Waals surface area contributed by atoms with E-state index in [0.717, 1.165) is 66.3 Å². The molecule has 2 aromatic rings. The Morgan fingerprint density at radius 2 is 1.75 bits per heavy atom. The van der Waals surface area contributed by atoms with Gasteiger partial charge in [0.1, 0.15) is 11.4 Å². The zero-order valence-electron chi connectivity index (χ0n) is 10.7. The first-order valence-electron chi connectivity index (χ1n) is 6.58. The van der Waals surface area contributed by atoms with Gasteiger partial charge in [0.05, 0.1) is 11.4 Å². The molecule has 0 aromatic carbocycles. The number of nitrogens with zero attached hydrogens (tertiary/aromatic N) is 5. The average molecular weight is 272 g/mol. The zero-order chi connectivity index (χ0) is 13.4. The van der Waals surface area contributed by atoms with Crippen LogP contribution in [0.25, 0.3) is 5.70 Å². The molecule has 0 spiro atoms. The van der Waals surface area contributed by atoms with Gasteiger partial charge in [-0.3, -0.25) is 5.43 Å². The molecule has 2 aliphatic carbocycles. The fourth-order valence-electron chi connectivity index (χ4n) is 2.49. The van der Waals surface area contributed by atoms with Gasteiger partial charge in [-0.1, -0.05) is 16.4 Å². The summed E-state index contributed by atoms with van der Waals surface area (Å²) < 4.78 is 9.54. The van der Waals surface area contributed by atoms with E-state index in [-0.39, 0.29) is 0 Å². The molecule has 2 aromatic heterocycles. The van der Waals surface area contributed by atoms with Gasteiger partial charge in [0.15, 0.2) is 11.4 Å². The Hall–Kier alpha value is -2.51. The van der Waals surface area contributed by atoms with Crippen LogP contribution in [0.2, 0.25) is 0 Å².